The monoisotopic (exact) mass is 247 g/mol. The highest BCUT2D eigenvalue weighted by molar-refractivity contribution is 7.10. The molecule has 0 spiro atoms. The molecule has 92 valence electrons. The summed E-state index contributed by atoms with van der Waals surface area (Å²) < 4.78 is 0. The minimum Gasteiger partial charge on any atom is -0.326 e. The van der Waals surface area contributed by atoms with Gasteiger partial charge in [-0.3, -0.25) is 0 Å². The number of rotatable bonds is 2. The average Bonchev–Trinajstić information content (AvgIpc) is 2.76. The summed E-state index contributed by atoms with van der Waals surface area (Å²) in [5.74, 6) is 5.09. The molecular formula is C15H21NS. The fraction of sp³-hybridized carbons (Fsp3) is 0.733. The number of nitrogens with two attached hydrogens (primary N) is 1. The van der Waals surface area contributed by atoms with E-state index < -0.39 is 0 Å². The predicted octanol–water partition coefficient (Wildman–Crippen LogP) is 3.75. The van der Waals surface area contributed by atoms with Crippen LogP contribution in [-0.4, -0.2) is 0 Å². The molecule has 2 N–H and O–H groups in total. The molecule has 5 rings (SSSR count). The molecule has 4 aliphatic rings. The van der Waals surface area contributed by atoms with E-state index in [1.54, 1.807) is 11.3 Å². The molecule has 2 heteroatoms. The molecule has 1 nitrogen and oxygen atoms in total. The summed E-state index contributed by atoms with van der Waals surface area (Å²) in [6.07, 6.45) is 7.64. The summed E-state index contributed by atoms with van der Waals surface area (Å²) in [6, 6.07) is 2.40. The van der Waals surface area contributed by atoms with Gasteiger partial charge in [0.05, 0.1) is 0 Å². The quantitative estimate of drug-likeness (QED) is 0.846. The van der Waals surface area contributed by atoms with Gasteiger partial charge in [-0.2, -0.15) is 0 Å². The third-order valence-corrected chi connectivity index (χ3v) is 6.55. The fourth-order valence-electron chi connectivity index (χ4n) is 5.07. The average molecular weight is 247 g/mol. The van der Waals surface area contributed by atoms with Crippen LogP contribution >= 0.6 is 11.3 Å². The summed E-state index contributed by atoms with van der Waals surface area (Å²) in [6.45, 7) is 0.712. The molecule has 1 aromatic heterocycles. The Balaban J connectivity index is 1.65. The Morgan fingerprint density at radius 3 is 2.24 bits per heavy atom. The van der Waals surface area contributed by atoms with Crippen molar-refractivity contribution in [2.45, 2.75) is 44.6 Å². The molecule has 0 aromatic carbocycles. The van der Waals surface area contributed by atoms with E-state index in [9.17, 15) is 0 Å². The lowest BCUT2D eigenvalue weighted by atomic mass is 9.51. The largest absolute Gasteiger partial charge is 0.326 e. The highest BCUT2D eigenvalue weighted by Gasteiger charge is 2.48. The van der Waals surface area contributed by atoms with Gasteiger partial charge in [-0.15, -0.1) is 11.3 Å². The van der Waals surface area contributed by atoms with Gasteiger partial charge in [-0.05, 0) is 78.7 Å². The van der Waals surface area contributed by atoms with Gasteiger partial charge in [-0.1, -0.05) is 0 Å². The molecule has 17 heavy (non-hydrogen) atoms. The molecule has 0 saturated heterocycles. The normalized spacial score (nSPS) is 43.2. The molecule has 4 fully saturated rings. The van der Waals surface area contributed by atoms with Crippen LogP contribution < -0.4 is 5.73 Å². The Morgan fingerprint density at radius 1 is 1.06 bits per heavy atom. The van der Waals surface area contributed by atoms with Crippen LogP contribution in [0.5, 0.6) is 0 Å². The van der Waals surface area contributed by atoms with Gasteiger partial charge in [0.15, 0.2) is 0 Å². The van der Waals surface area contributed by atoms with Crippen molar-refractivity contribution in [1.82, 2.24) is 0 Å². The highest BCUT2D eigenvalue weighted by Crippen LogP contribution is 2.60. The lowest BCUT2D eigenvalue weighted by Gasteiger charge is -2.54. The van der Waals surface area contributed by atoms with Gasteiger partial charge < -0.3 is 5.73 Å². The van der Waals surface area contributed by atoms with Crippen LogP contribution in [-0.2, 0) is 6.54 Å². The van der Waals surface area contributed by atoms with Gasteiger partial charge in [-0.25, -0.2) is 0 Å². The van der Waals surface area contributed by atoms with E-state index >= 15 is 0 Å². The molecular weight excluding hydrogens is 226 g/mol. The molecule has 0 unspecified atom stereocenters. The van der Waals surface area contributed by atoms with Crippen LogP contribution in [0.3, 0.4) is 0 Å². The number of hydrogen-bond donors (Lipinski definition) is 1. The van der Waals surface area contributed by atoms with Crippen molar-refractivity contribution in [3.05, 3.63) is 21.9 Å². The van der Waals surface area contributed by atoms with Gasteiger partial charge in [0.1, 0.15) is 0 Å². The van der Waals surface area contributed by atoms with Crippen LogP contribution in [0.25, 0.3) is 0 Å². The van der Waals surface area contributed by atoms with Gasteiger partial charge in [0, 0.05) is 11.4 Å². The number of hydrogen-bond acceptors (Lipinski definition) is 2. The summed E-state index contributed by atoms with van der Waals surface area (Å²) in [5.41, 5.74) is 7.09. The van der Waals surface area contributed by atoms with Crippen LogP contribution in [0.4, 0.5) is 0 Å². The molecule has 4 bridgehead atoms. The second-order valence-corrected chi connectivity index (χ2v) is 7.46. The van der Waals surface area contributed by atoms with Crippen molar-refractivity contribution in [3.63, 3.8) is 0 Å². The van der Waals surface area contributed by atoms with E-state index in [4.69, 9.17) is 5.73 Å². The maximum Gasteiger partial charge on any atom is 0.0186 e. The first-order valence-corrected chi connectivity index (χ1v) is 7.99. The lowest BCUT2D eigenvalue weighted by Crippen LogP contribution is -2.43. The third kappa shape index (κ3) is 1.61. The second kappa shape index (κ2) is 3.83. The zero-order chi connectivity index (χ0) is 11.4. The van der Waals surface area contributed by atoms with Crippen LogP contribution in [0.15, 0.2) is 11.4 Å². The van der Waals surface area contributed by atoms with Crippen LogP contribution in [0.2, 0.25) is 0 Å². The SMILES string of the molecule is NCc1csc(C2C3CC4CC(C3)CC2C4)c1. The Hall–Kier alpha value is -0.340. The summed E-state index contributed by atoms with van der Waals surface area (Å²) >= 11 is 1.97. The minimum absolute atomic E-state index is 0.712. The lowest BCUT2D eigenvalue weighted by molar-refractivity contribution is -0.00161. The molecule has 0 atom stereocenters. The van der Waals surface area contributed by atoms with Crippen molar-refractivity contribution >= 4 is 11.3 Å². The van der Waals surface area contributed by atoms with Crippen molar-refractivity contribution in [1.29, 1.82) is 0 Å². The minimum atomic E-state index is 0.712. The topological polar surface area (TPSA) is 26.0 Å². The Bertz CT molecular complexity index is 394. The van der Waals surface area contributed by atoms with Gasteiger partial charge in [0.2, 0.25) is 0 Å². The summed E-state index contributed by atoms with van der Waals surface area (Å²) in [5, 5.41) is 2.28. The Kier molecular flexibility index (Phi) is 2.38. The standard InChI is InChI=1S/C15H21NS/c16-7-11-6-14(17-8-11)15-12-2-9-1-10(4-12)5-13(15)3-9/h6,8-10,12-13,15H,1-5,7,16H2. The number of thiophene rings is 1. The van der Waals surface area contributed by atoms with E-state index in [0.717, 1.165) is 29.6 Å². The van der Waals surface area contributed by atoms with Gasteiger partial charge in [0.25, 0.3) is 0 Å². The Labute approximate surface area is 107 Å². The molecule has 0 radical (unpaired) electrons. The van der Waals surface area contributed by atoms with E-state index in [0.29, 0.717) is 6.54 Å². The molecule has 4 aliphatic carbocycles. The zero-order valence-corrected chi connectivity index (χ0v) is 11.1. The Morgan fingerprint density at radius 2 is 1.71 bits per heavy atom. The van der Waals surface area contributed by atoms with E-state index in [1.165, 1.54) is 31.2 Å². The zero-order valence-electron chi connectivity index (χ0n) is 10.3. The predicted molar refractivity (Wildman–Crippen MR) is 72.0 cm³/mol. The maximum atomic E-state index is 5.74. The first-order valence-electron chi connectivity index (χ1n) is 7.11. The van der Waals surface area contributed by atoms with Crippen LogP contribution in [0.1, 0.15) is 48.5 Å². The smallest absolute Gasteiger partial charge is 0.0186 e. The van der Waals surface area contributed by atoms with Gasteiger partial charge >= 0.3 is 0 Å². The first kappa shape index (κ1) is 10.6. The third-order valence-electron chi connectivity index (χ3n) is 5.47. The molecule has 1 heterocycles. The first-order chi connectivity index (χ1) is 8.33. The van der Waals surface area contributed by atoms with E-state index in [1.807, 2.05) is 11.3 Å². The van der Waals surface area contributed by atoms with Crippen molar-refractivity contribution in [2.75, 3.05) is 0 Å². The second-order valence-electron chi connectivity index (χ2n) is 6.52. The van der Waals surface area contributed by atoms with E-state index in [2.05, 4.69) is 11.4 Å². The van der Waals surface area contributed by atoms with Crippen molar-refractivity contribution in [3.8, 4) is 0 Å². The molecule has 0 amide bonds. The van der Waals surface area contributed by atoms with Crippen molar-refractivity contribution in [2.24, 2.45) is 29.4 Å². The summed E-state index contributed by atoms with van der Waals surface area (Å²) in [4.78, 5) is 1.65. The molecule has 4 saturated carbocycles. The summed E-state index contributed by atoms with van der Waals surface area (Å²) in [7, 11) is 0. The van der Waals surface area contributed by atoms with Crippen LogP contribution in [0, 0.1) is 23.7 Å². The fourth-order valence-corrected chi connectivity index (χ4v) is 6.28. The van der Waals surface area contributed by atoms with Crippen molar-refractivity contribution < 1.29 is 0 Å². The highest BCUT2D eigenvalue weighted by atomic mass is 32.1. The maximum absolute atomic E-state index is 5.74. The molecule has 1 aromatic rings. The molecule has 0 aliphatic heterocycles. The van der Waals surface area contributed by atoms with E-state index in [-0.39, 0.29) is 0 Å².